The summed E-state index contributed by atoms with van der Waals surface area (Å²) in [6, 6.07) is 7.99. The third-order valence-electron chi connectivity index (χ3n) is 5.28. The molecular weight excluding hydrogens is 372 g/mol. The summed E-state index contributed by atoms with van der Waals surface area (Å²) in [5.74, 6) is 1.16. The monoisotopic (exact) mass is 392 g/mol. The Morgan fingerprint density at radius 3 is 2.82 bits per heavy atom. The third kappa shape index (κ3) is 2.74. The molecule has 1 aliphatic rings. The molecule has 5 rings (SSSR count). The number of carbonyl (C=O) groups excluding carboxylic acids is 1. The number of aromatic amines is 1. The lowest BCUT2D eigenvalue weighted by Gasteiger charge is -2.12. The van der Waals surface area contributed by atoms with Gasteiger partial charge in [0.05, 0.1) is 22.3 Å². The summed E-state index contributed by atoms with van der Waals surface area (Å²) in [7, 11) is 0. The lowest BCUT2D eigenvalue weighted by molar-refractivity contribution is 0.102. The molecule has 4 aromatic rings. The van der Waals surface area contributed by atoms with Crippen molar-refractivity contribution in [1.82, 2.24) is 15.1 Å². The molecule has 6 nitrogen and oxygen atoms in total. The quantitative estimate of drug-likeness (QED) is 0.512. The molecule has 7 heteroatoms. The van der Waals surface area contributed by atoms with Crippen molar-refractivity contribution in [2.24, 2.45) is 0 Å². The van der Waals surface area contributed by atoms with E-state index in [-0.39, 0.29) is 5.91 Å². The summed E-state index contributed by atoms with van der Waals surface area (Å²) in [5.41, 5.74) is 5.36. The SMILES string of the molecule is Cc1noc(C)c1C(=O)Nc1sc2c(c1-c1nc3ccccc3[nH]1)CCCC2. The summed E-state index contributed by atoms with van der Waals surface area (Å²) in [5, 5.41) is 7.86. The first-order chi connectivity index (χ1) is 13.6. The summed E-state index contributed by atoms with van der Waals surface area (Å²) in [6.45, 7) is 3.54. The lowest BCUT2D eigenvalue weighted by atomic mass is 9.95. The van der Waals surface area contributed by atoms with Crippen LogP contribution in [0.1, 0.15) is 45.1 Å². The van der Waals surface area contributed by atoms with Gasteiger partial charge in [-0.3, -0.25) is 4.79 Å². The number of aromatic nitrogens is 3. The highest BCUT2D eigenvalue weighted by Crippen LogP contribution is 2.44. The molecule has 0 spiro atoms. The van der Waals surface area contributed by atoms with Crippen molar-refractivity contribution >= 4 is 33.3 Å². The average molecular weight is 392 g/mol. The van der Waals surface area contributed by atoms with Gasteiger partial charge >= 0.3 is 0 Å². The second-order valence-corrected chi connectivity index (χ2v) is 8.28. The maximum absolute atomic E-state index is 13.0. The van der Waals surface area contributed by atoms with E-state index < -0.39 is 0 Å². The first kappa shape index (κ1) is 17.2. The Kier molecular flexibility index (Phi) is 4.05. The second kappa shape index (κ2) is 6.60. The number of para-hydroxylation sites is 2. The zero-order valence-corrected chi connectivity index (χ0v) is 16.6. The van der Waals surface area contributed by atoms with Crippen LogP contribution in [0.5, 0.6) is 0 Å². The number of nitrogens with zero attached hydrogens (tertiary/aromatic N) is 2. The summed E-state index contributed by atoms with van der Waals surface area (Å²) < 4.78 is 5.16. The number of benzene rings is 1. The number of hydrogen-bond donors (Lipinski definition) is 2. The zero-order valence-electron chi connectivity index (χ0n) is 15.8. The van der Waals surface area contributed by atoms with Crippen LogP contribution in [0.15, 0.2) is 28.8 Å². The topological polar surface area (TPSA) is 83.8 Å². The van der Waals surface area contributed by atoms with Gasteiger partial charge in [-0.25, -0.2) is 4.98 Å². The van der Waals surface area contributed by atoms with Crippen molar-refractivity contribution in [1.29, 1.82) is 0 Å². The molecule has 0 radical (unpaired) electrons. The molecule has 2 N–H and O–H groups in total. The van der Waals surface area contributed by atoms with Gasteiger partial charge in [0.2, 0.25) is 0 Å². The number of amides is 1. The molecule has 0 saturated heterocycles. The van der Waals surface area contributed by atoms with Crippen LogP contribution in [0.4, 0.5) is 5.00 Å². The van der Waals surface area contributed by atoms with Gasteiger partial charge in [0, 0.05) is 4.88 Å². The fraction of sp³-hybridized carbons (Fsp3) is 0.286. The van der Waals surface area contributed by atoms with Crippen LogP contribution in [0.3, 0.4) is 0 Å². The van der Waals surface area contributed by atoms with E-state index in [9.17, 15) is 4.79 Å². The normalized spacial score (nSPS) is 13.6. The van der Waals surface area contributed by atoms with E-state index >= 15 is 0 Å². The molecule has 1 amide bonds. The molecule has 0 saturated carbocycles. The molecule has 142 valence electrons. The smallest absolute Gasteiger partial charge is 0.261 e. The number of carbonyl (C=O) groups is 1. The van der Waals surface area contributed by atoms with E-state index in [1.54, 1.807) is 25.2 Å². The van der Waals surface area contributed by atoms with E-state index in [2.05, 4.69) is 15.5 Å². The number of thiophene rings is 1. The van der Waals surface area contributed by atoms with Gasteiger partial charge in [0.15, 0.2) is 0 Å². The molecule has 0 atom stereocenters. The Balaban J connectivity index is 1.62. The van der Waals surface area contributed by atoms with Gasteiger partial charge in [0.1, 0.15) is 22.1 Å². The summed E-state index contributed by atoms with van der Waals surface area (Å²) >= 11 is 1.66. The summed E-state index contributed by atoms with van der Waals surface area (Å²) in [4.78, 5) is 22.5. The van der Waals surface area contributed by atoms with Crippen molar-refractivity contribution in [2.45, 2.75) is 39.5 Å². The molecule has 28 heavy (non-hydrogen) atoms. The van der Waals surface area contributed by atoms with Crippen LogP contribution in [0.25, 0.3) is 22.4 Å². The number of aryl methyl sites for hydroxylation is 3. The average Bonchev–Trinajstić information content (AvgIpc) is 3.35. The van der Waals surface area contributed by atoms with Crippen LogP contribution in [0, 0.1) is 13.8 Å². The Hall–Kier alpha value is -2.93. The molecule has 3 aromatic heterocycles. The van der Waals surface area contributed by atoms with Gasteiger partial charge < -0.3 is 14.8 Å². The van der Waals surface area contributed by atoms with Crippen LogP contribution in [-0.4, -0.2) is 21.0 Å². The Labute approximate surface area is 166 Å². The van der Waals surface area contributed by atoms with Crippen LogP contribution in [-0.2, 0) is 12.8 Å². The lowest BCUT2D eigenvalue weighted by Crippen LogP contribution is -2.13. The van der Waals surface area contributed by atoms with Gasteiger partial charge in [-0.05, 0) is 57.2 Å². The van der Waals surface area contributed by atoms with E-state index in [0.29, 0.717) is 17.0 Å². The fourth-order valence-electron chi connectivity index (χ4n) is 3.95. The number of nitrogens with one attached hydrogen (secondary N) is 2. The molecule has 0 fully saturated rings. The van der Waals surface area contributed by atoms with Gasteiger partial charge in [-0.1, -0.05) is 17.3 Å². The molecule has 3 heterocycles. The van der Waals surface area contributed by atoms with E-state index in [4.69, 9.17) is 9.51 Å². The number of hydrogen-bond acceptors (Lipinski definition) is 5. The van der Waals surface area contributed by atoms with Crippen LogP contribution >= 0.6 is 11.3 Å². The van der Waals surface area contributed by atoms with Gasteiger partial charge in [-0.15, -0.1) is 11.3 Å². The van der Waals surface area contributed by atoms with Crippen molar-refractivity contribution in [3.05, 3.63) is 51.7 Å². The Bertz CT molecular complexity index is 1150. The zero-order chi connectivity index (χ0) is 19.3. The maximum Gasteiger partial charge on any atom is 0.261 e. The minimum absolute atomic E-state index is 0.188. The minimum Gasteiger partial charge on any atom is -0.361 e. The highest BCUT2D eigenvalue weighted by Gasteiger charge is 2.26. The maximum atomic E-state index is 13.0. The van der Waals surface area contributed by atoms with E-state index in [0.717, 1.165) is 46.7 Å². The number of imidazole rings is 1. The highest BCUT2D eigenvalue weighted by molar-refractivity contribution is 7.17. The second-order valence-electron chi connectivity index (χ2n) is 7.17. The summed E-state index contributed by atoms with van der Waals surface area (Å²) in [6.07, 6.45) is 4.41. The Morgan fingerprint density at radius 2 is 2.04 bits per heavy atom. The highest BCUT2D eigenvalue weighted by atomic mass is 32.1. The Morgan fingerprint density at radius 1 is 1.21 bits per heavy atom. The fourth-order valence-corrected chi connectivity index (χ4v) is 5.23. The van der Waals surface area contributed by atoms with Crippen molar-refractivity contribution < 1.29 is 9.32 Å². The molecule has 1 aromatic carbocycles. The third-order valence-corrected chi connectivity index (χ3v) is 6.49. The number of fused-ring (bicyclic) bond motifs is 2. The van der Waals surface area contributed by atoms with Crippen LogP contribution < -0.4 is 5.32 Å². The number of anilines is 1. The first-order valence-electron chi connectivity index (χ1n) is 9.45. The van der Waals surface area contributed by atoms with Crippen LogP contribution in [0.2, 0.25) is 0 Å². The predicted octanol–water partition coefficient (Wildman–Crippen LogP) is 5.03. The van der Waals surface area contributed by atoms with E-state index in [1.807, 2.05) is 24.3 Å². The van der Waals surface area contributed by atoms with Gasteiger partial charge in [-0.2, -0.15) is 0 Å². The first-order valence-corrected chi connectivity index (χ1v) is 10.3. The van der Waals surface area contributed by atoms with Gasteiger partial charge in [0.25, 0.3) is 5.91 Å². The molecule has 1 aliphatic carbocycles. The molecule has 0 aliphatic heterocycles. The molecule has 0 bridgehead atoms. The van der Waals surface area contributed by atoms with E-state index in [1.165, 1.54) is 16.9 Å². The van der Waals surface area contributed by atoms with Crippen molar-refractivity contribution in [3.8, 4) is 11.4 Å². The number of rotatable bonds is 3. The number of H-pyrrole nitrogens is 1. The largest absolute Gasteiger partial charge is 0.361 e. The standard InChI is InChI=1S/C21H20N4O2S/c1-11-17(12(2)27-25-11)20(26)24-21-18(13-7-3-6-10-16(13)28-21)19-22-14-8-4-5-9-15(14)23-19/h4-5,8-9H,3,6-7,10H2,1-2H3,(H,22,23)(H,24,26). The van der Waals surface area contributed by atoms with Crippen molar-refractivity contribution in [2.75, 3.05) is 5.32 Å². The molecule has 0 unspecified atom stereocenters. The van der Waals surface area contributed by atoms with Crippen molar-refractivity contribution in [3.63, 3.8) is 0 Å². The minimum atomic E-state index is -0.188. The molecular formula is C21H20N4O2S. The predicted molar refractivity (Wildman–Crippen MR) is 110 cm³/mol.